The first-order valence-corrected chi connectivity index (χ1v) is 5.61. The van der Waals surface area contributed by atoms with Crippen LogP contribution in [0.5, 0.6) is 0 Å². The first-order valence-electron chi connectivity index (χ1n) is 5.61. The monoisotopic (exact) mass is 237 g/mol. The van der Waals surface area contributed by atoms with Gasteiger partial charge in [0.15, 0.2) is 0 Å². The molecule has 4 heteroatoms. The van der Waals surface area contributed by atoms with Crippen LogP contribution < -0.4 is 5.73 Å². The first kappa shape index (κ1) is 13.7. The van der Waals surface area contributed by atoms with Crippen molar-refractivity contribution in [2.75, 3.05) is 6.54 Å². The molecule has 0 saturated heterocycles. The highest BCUT2D eigenvalue weighted by atomic mass is 16.4. The van der Waals surface area contributed by atoms with Crippen LogP contribution in [0.15, 0.2) is 24.3 Å². The predicted octanol–water partition coefficient (Wildman–Crippen LogP) is 1.05. The van der Waals surface area contributed by atoms with E-state index in [0.29, 0.717) is 5.56 Å². The number of benzene rings is 1. The zero-order chi connectivity index (χ0) is 13.1. The van der Waals surface area contributed by atoms with Crippen LogP contribution in [0.2, 0.25) is 0 Å². The Morgan fingerprint density at radius 2 is 1.94 bits per heavy atom. The summed E-state index contributed by atoms with van der Waals surface area (Å²) in [4.78, 5) is 11.5. The molecule has 0 bridgehead atoms. The lowest BCUT2D eigenvalue weighted by Crippen LogP contribution is -2.45. The van der Waals surface area contributed by atoms with Gasteiger partial charge in [0.2, 0.25) is 0 Å². The maximum Gasteiger partial charge on any atom is 0.315 e. The van der Waals surface area contributed by atoms with Crippen LogP contribution in [-0.2, 0) is 10.2 Å². The van der Waals surface area contributed by atoms with Crippen LogP contribution in [0, 0.1) is 6.92 Å². The molecule has 0 spiro atoms. The summed E-state index contributed by atoms with van der Waals surface area (Å²) in [6.45, 7) is 3.47. The highest BCUT2D eigenvalue weighted by Crippen LogP contribution is 2.29. The van der Waals surface area contributed by atoms with Crippen molar-refractivity contribution < 1.29 is 15.0 Å². The maximum atomic E-state index is 11.5. The number of nitrogens with two attached hydrogens (primary N) is 1. The standard InChI is InChI=1S/C13H19NO3/c1-9-3-5-11(6-4-9)13(8-14,12(16)17)7-10(2)15/h3-6,10,15H,7-8,14H2,1-2H3,(H,16,17). The molecule has 0 fully saturated rings. The summed E-state index contributed by atoms with van der Waals surface area (Å²) in [6, 6.07) is 7.23. The van der Waals surface area contributed by atoms with Gasteiger partial charge in [0, 0.05) is 6.54 Å². The third kappa shape index (κ3) is 2.84. The van der Waals surface area contributed by atoms with E-state index >= 15 is 0 Å². The predicted molar refractivity (Wildman–Crippen MR) is 65.8 cm³/mol. The molecular formula is C13H19NO3. The van der Waals surface area contributed by atoms with Gasteiger partial charge in [-0.25, -0.2) is 0 Å². The van der Waals surface area contributed by atoms with E-state index < -0.39 is 17.5 Å². The Hall–Kier alpha value is -1.39. The van der Waals surface area contributed by atoms with Crippen molar-refractivity contribution in [3.05, 3.63) is 35.4 Å². The van der Waals surface area contributed by atoms with E-state index in [1.54, 1.807) is 19.1 Å². The zero-order valence-corrected chi connectivity index (χ0v) is 10.2. The molecule has 0 aliphatic heterocycles. The molecule has 0 amide bonds. The molecule has 1 rings (SSSR count). The second-order valence-electron chi connectivity index (χ2n) is 4.51. The Labute approximate surface area is 101 Å². The van der Waals surface area contributed by atoms with E-state index in [-0.39, 0.29) is 13.0 Å². The van der Waals surface area contributed by atoms with Gasteiger partial charge in [0.25, 0.3) is 0 Å². The fourth-order valence-electron chi connectivity index (χ4n) is 1.99. The van der Waals surface area contributed by atoms with Crippen LogP contribution in [-0.4, -0.2) is 28.8 Å². The van der Waals surface area contributed by atoms with Gasteiger partial charge in [-0.05, 0) is 25.8 Å². The van der Waals surface area contributed by atoms with E-state index in [9.17, 15) is 15.0 Å². The number of carbonyl (C=O) groups is 1. The quantitative estimate of drug-likeness (QED) is 0.714. The van der Waals surface area contributed by atoms with Gasteiger partial charge in [-0.1, -0.05) is 29.8 Å². The van der Waals surface area contributed by atoms with Crippen molar-refractivity contribution in [3.63, 3.8) is 0 Å². The lowest BCUT2D eigenvalue weighted by molar-refractivity contribution is -0.144. The van der Waals surface area contributed by atoms with Crippen molar-refractivity contribution in [3.8, 4) is 0 Å². The largest absolute Gasteiger partial charge is 0.481 e. The molecule has 0 aromatic heterocycles. The van der Waals surface area contributed by atoms with Crippen LogP contribution in [0.4, 0.5) is 0 Å². The van der Waals surface area contributed by atoms with Gasteiger partial charge < -0.3 is 15.9 Å². The third-order valence-corrected chi connectivity index (χ3v) is 3.01. The summed E-state index contributed by atoms with van der Waals surface area (Å²) in [7, 11) is 0. The number of aliphatic hydroxyl groups excluding tert-OH is 1. The Morgan fingerprint density at radius 1 is 1.41 bits per heavy atom. The maximum absolute atomic E-state index is 11.5. The molecule has 1 aromatic carbocycles. The summed E-state index contributed by atoms with van der Waals surface area (Å²) in [5.41, 5.74) is 6.12. The lowest BCUT2D eigenvalue weighted by atomic mass is 9.76. The minimum absolute atomic E-state index is 0.0315. The number of hydrogen-bond donors (Lipinski definition) is 3. The number of aliphatic hydroxyl groups is 1. The van der Waals surface area contributed by atoms with Crippen molar-refractivity contribution in [2.24, 2.45) is 5.73 Å². The second-order valence-corrected chi connectivity index (χ2v) is 4.51. The van der Waals surface area contributed by atoms with E-state index in [4.69, 9.17) is 5.73 Å². The van der Waals surface area contributed by atoms with Gasteiger partial charge in [0.1, 0.15) is 5.41 Å². The van der Waals surface area contributed by atoms with Crippen LogP contribution >= 0.6 is 0 Å². The summed E-state index contributed by atoms with van der Waals surface area (Å²) in [6.07, 6.45) is -0.599. The smallest absolute Gasteiger partial charge is 0.315 e. The number of carboxylic acids is 1. The molecule has 4 nitrogen and oxygen atoms in total. The zero-order valence-electron chi connectivity index (χ0n) is 10.2. The fraction of sp³-hybridized carbons (Fsp3) is 0.462. The molecule has 94 valence electrons. The van der Waals surface area contributed by atoms with Crippen molar-refractivity contribution in [1.29, 1.82) is 0 Å². The number of carboxylic acid groups (broad SMARTS) is 1. The van der Waals surface area contributed by atoms with E-state index in [1.807, 2.05) is 19.1 Å². The third-order valence-electron chi connectivity index (χ3n) is 3.01. The average molecular weight is 237 g/mol. The lowest BCUT2D eigenvalue weighted by Gasteiger charge is -2.29. The van der Waals surface area contributed by atoms with Crippen LogP contribution in [0.1, 0.15) is 24.5 Å². The number of aliphatic carboxylic acids is 1. The number of hydrogen-bond acceptors (Lipinski definition) is 3. The van der Waals surface area contributed by atoms with Gasteiger partial charge in [-0.2, -0.15) is 0 Å². The van der Waals surface area contributed by atoms with Crippen molar-refractivity contribution in [1.82, 2.24) is 0 Å². The minimum atomic E-state index is -1.21. The van der Waals surface area contributed by atoms with Crippen molar-refractivity contribution in [2.45, 2.75) is 31.8 Å². The van der Waals surface area contributed by atoms with Crippen molar-refractivity contribution >= 4 is 5.97 Å². The highest BCUT2D eigenvalue weighted by Gasteiger charge is 2.40. The molecule has 0 aliphatic rings. The van der Waals surface area contributed by atoms with Crippen LogP contribution in [0.25, 0.3) is 0 Å². The van der Waals surface area contributed by atoms with Crippen LogP contribution in [0.3, 0.4) is 0 Å². The molecule has 0 saturated carbocycles. The van der Waals surface area contributed by atoms with Gasteiger partial charge in [0.05, 0.1) is 6.10 Å². The van der Waals surface area contributed by atoms with E-state index in [1.165, 1.54) is 0 Å². The van der Waals surface area contributed by atoms with Gasteiger partial charge >= 0.3 is 5.97 Å². The molecule has 4 N–H and O–H groups in total. The molecule has 0 heterocycles. The topological polar surface area (TPSA) is 83.5 Å². The molecule has 17 heavy (non-hydrogen) atoms. The average Bonchev–Trinajstić information content (AvgIpc) is 2.26. The number of rotatable bonds is 5. The normalized spacial score (nSPS) is 16.2. The Kier molecular flexibility index (Phi) is 4.26. The second kappa shape index (κ2) is 5.29. The summed E-state index contributed by atoms with van der Waals surface area (Å²) in [5, 5.41) is 18.9. The molecule has 0 radical (unpaired) electrons. The SMILES string of the molecule is Cc1ccc(C(CN)(CC(C)O)C(=O)O)cc1. The number of aryl methyl sites for hydroxylation is 1. The Morgan fingerprint density at radius 3 is 2.29 bits per heavy atom. The van der Waals surface area contributed by atoms with Gasteiger partial charge in [-0.15, -0.1) is 0 Å². The van der Waals surface area contributed by atoms with Gasteiger partial charge in [-0.3, -0.25) is 4.79 Å². The Bertz CT molecular complexity index is 386. The molecule has 0 aliphatic carbocycles. The summed E-state index contributed by atoms with van der Waals surface area (Å²) < 4.78 is 0. The molecule has 2 atom stereocenters. The Balaban J connectivity index is 3.21. The van der Waals surface area contributed by atoms with E-state index in [2.05, 4.69) is 0 Å². The first-order chi connectivity index (χ1) is 7.92. The fourth-order valence-corrected chi connectivity index (χ4v) is 1.99. The summed E-state index contributed by atoms with van der Waals surface area (Å²) in [5.74, 6) is -0.996. The molecular weight excluding hydrogens is 218 g/mol. The molecule has 2 unspecified atom stereocenters. The summed E-state index contributed by atoms with van der Waals surface area (Å²) >= 11 is 0. The minimum Gasteiger partial charge on any atom is -0.481 e. The highest BCUT2D eigenvalue weighted by molar-refractivity contribution is 5.81. The molecule has 1 aromatic rings. The van der Waals surface area contributed by atoms with E-state index in [0.717, 1.165) is 5.56 Å².